The quantitative estimate of drug-likeness (QED) is 0.843. The molecule has 0 spiro atoms. The van der Waals surface area contributed by atoms with Crippen molar-refractivity contribution in [2.24, 2.45) is 29.6 Å². The first-order valence-electron chi connectivity index (χ1n) is 6.85. The van der Waals surface area contributed by atoms with Crippen LogP contribution in [0.5, 0.6) is 0 Å². The van der Waals surface area contributed by atoms with Crippen LogP contribution in [0.1, 0.15) is 32.1 Å². The van der Waals surface area contributed by atoms with Gasteiger partial charge in [-0.25, -0.2) is 8.42 Å². The van der Waals surface area contributed by atoms with Crippen LogP contribution in [0.3, 0.4) is 0 Å². The molecule has 0 aromatic heterocycles. The smallest absolute Gasteiger partial charge is 0.318 e. The molecule has 0 saturated heterocycles. The Morgan fingerprint density at radius 3 is 1.94 bits per heavy atom. The molecule has 4 fully saturated rings. The fourth-order valence-corrected chi connectivity index (χ4v) is 6.48. The second-order valence-electron chi connectivity index (χ2n) is 6.54. The van der Waals surface area contributed by atoms with Gasteiger partial charge >= 0.3 is 5.97 Å². The van der Waals surface area contributed by atoms with Crippen LogP contribution in [-0.4, -0.2) is 31.0 Å². The summed E-state index contributed by atoms with van der Waals surface area (Å²) in [7, 11) is -3.42. The molecule has 4 rings (SSSR count). The fraction of sp³-hybridized carbons (Fsp3) is 0.923. The third kappa shape index (κ3) is 2.29. The van der Waals surface area contributed by atoms with Gasteiger partial charge in [0.2, 0.25) is 0 Å². The van der Waals surface area contributed by atoms with Crippen molar-refractivity contribution in [2.45, 2.75) is 32.1 Å². The Hall–Kier alpha value is -0.580. The summed E-state index contributed by atoms with van der Waals surface area (Å²) < 4.78 is 23.7. The summed E-state index contributed by atoms with van der Waals surface area (Å²) in [6.45, 7) is 0. The normalized spacial score (nSPS) is 42.1. The zero-order chi connectivity index (χ0) is 12.9. The highest BCUT2D eigenvalue weighted by Crippen LogP contribution is 2.56. The molecule has 0 aliphatic heterocycles. The average Bonchev–Trinajstić information content (AvgIpc) is 2.20. The molecular formula is C13H20O4S. The molecule has 4 aliphatic carbocycles. The highest BCUT2D eigenvalue weighted by Gasteiger charge is 2.49. The second-order valence-corrected chi connectivity index (χ2v) is 8.65. The Balaban J connectivity index is 1.72. The maximum Gasteiger partial charge on any atom is 0.318 e. The van der Waals surface area contributed by atoms with Crippen molar-refractivity contribution in [2.75, 3.05) is 11.5 Å². The molecule has 4 aliphatic rings. The van der Waals surface area contributed by atoms with Crippen LogP contribution in [-0.2, 0) is 14.6 Å². The largest absolute Gasteiger partial charge is 0.480 e. The van der Waals surface area contributed by atoms with Gasteiger partial charge in [0, 0.05) is 0 Å². The van der Waals surface area contributed by atoms with Crippen LogP contribution >= 0.6 is 0 Å². The van der Waals surface area contributed by atoms with E-state index in [9.17, 15) is 13.2 Å². The molecule has 1 N–H and O–H groups in total. The number of aliphatic carboxylic acids is 1. The lowest BCUT2D eigenvalue weighted by Gasteiger charge is -2.54. The van der Waals surface area contributed by atoms with E-state index in [1.165, 1.54) is 32.1 Å². The highest BCUT2D eigenvalue weighted by molar-refractivity contribution is 7.92. The van der Waals surface area contributed by atoms with Crippen molar-refractivity contribution in [3.05, 3.63) is 0 Å². The van der Waals surface area contributed by atoms with E-state index in [0.29, 0.717) is 11.8 Å². The minimum Gasteiger partial charge on any atom is -0.480 e. The van der Waals surface area contributed by atoms with E-state index in [1.54, 1.807) is 0 Å². The molecule has 0 aromatic rings. The third-order valence-electron chi connectivity index (χ3n) is 5.21. The van der Waals surface area contributed by atoms with Gasteiger partial charge in [0.1, 0.15) is 5.75 Å². The molecule has 5 heteroatoms. The zero-order valence-corrected chi connectivity index (χ0v) is 11.2. The number of rotatable bonds is 4. The van der Waals surface area contributed by atoms with Crippen molar-refractivity contribution >= 4 is 15.8 Å². The first kappa shape index (κ1) is 12.5. The number of hydrogen-bond donors (Lipinski definition) is 1. The summed E-state index contributed by atoms with van der Waals surface area (Å²) in [5.41, 5.74) is 0. The molecule has 4 bridgehead atoms. The lowest BCUT2D eigenvalue weighted by Crippen LogP contribution is -2.47. The van der Waals surface area contributed by atoms with Crippen molar-refractivity contribution in [1.29, 1.82) is 0 Å². The van der Waals surface area contributed by atoms with E-state index in [2.05, 4.69) is 0 Å². The summed E-state index contributed by atoms with van der Waals surface area (Å²) >= 11 is 0. The highest BCUT2D eigenvalue weighted by atomic mass is 32.2. The molecule has 0 amide bonds. The molecule has 102 valence electrons. The number of sulfone groups is 1. The molecule has 0 unspecified atom stereocenters. The van der Waals surface area contributed by atoms with Crippen LogP contribution in [0.15, 0.2) is 0 Å². The van der Waals surface area contributed by atoms with E-state index in [4.69, 9.17) is 5.11 Å². The lowest BCUT2D eigenvalue weighted by atomic mass is 9.52. The third-order valence-corrected chi connectivity index (χ3v) is 6.79. The first-order valence-corrected chi connectivity index (χ1v) is 8.67. The van der Waals surface area contributed by atoms with Crippen LogP contribution in [0.4, 0.5) is 0 Å². The summed E-state index contributed by atoms with van der Waals surface area (Å²) in [5, 5.41) is 8.65. The maximum atomic E-state index is 11.9. The van der Waals surface area contributed by atoms with Crippen LogP contribution in [0, 0.1) is 29.6 Å². The summed E-state index contributed by atoms with van der Waals surface area (Å²) in [4.78, 5) is 10.6. The van der Waals surface area contributed by atoms with Gasteiger partial charge in [-0.1, -0.05) is 0 Å². The predicted molar refractivity (Wildman–Crippen MR) is 66.8 cm³/mol. The van der Waals surface area contributed by atoms with E-state index < -0.39 is 21.6 Å². The summed E-state index contributed by atoms with van der Waals surface area (Å²) in [6, 6.07) is 0. The monoisotopic (exact) mass is 272 g/mol. The molecule has 0 radical (unpaired) electrons. The molecule has 0 aromatic carbocycles. The predicted octanol–water partition coefficient (Wildman–Crippen LogP) is 1.56. The van der Waals surface area contributed by atoms with Gasteiger partial charge in [0.15, 0.2) is 9.84 Å². The molecule has 18 heavy (non-hydrogen) atoms. The Morgan fingerprint density at radius 1 is 1.00 bits per heavy atom. The number of hydrogen-bond acceptors (Lipinski definition) is 3. The topological polar surface area (TPSA) is 71.4 Å². The Morgan fingerprint density at radius 2 is 1.50 bits per heavy atom. The van der Waals surface area contributed by atoms with Gasteiger partial charge in [0.05, 0.1) is 5.75 Å². The Bertz CT molecular complexity index is 426. The minimum absolute atomic E-state index is 0.105. The zero-order valence-electron chi connectivity index (χ0n) is 10.4. The van der Waals surface area contributed by atoms with Crippen molar-refractivity contribution in [3.8, 4) is 0 Å². The number of carbonyl (C=O) groups is 1. The number of carboxylic acid groups (broad SMARTS) is 1. The van der Waals surface area contributed by atoms with Crippen LogP contribution in [0.25, 0.3) is 0 Å². The Labute approximate surface area is 108 Å². The fourth-order valence-electron chi connectivity index (χ4n) is 4.85. The van der Waals surface area contributed by atoms with Gasteiger partial charge in [-0.05, 0) is 61.7 Å². The first-order chi connectivity index (χ1) is 8.43. The standard InChI is InChI=1S/C13H20O4S/c14-13(15)7-18(16,17)6-12-10-2-8-1-9(4-10)5-11(12)3-8/h8-12H,1-7H2,(H,14,15). The van der Waals surface area contributed by atoms with Gasteiger partial charge in [0.25, 0.3) is 0 Å². The van der Waals surface area contributed by atoms with Crippen LogP contribution in [0.2, 0.25) is 0 Å². The van der Waals surface area contributed by atoms with Gasteiger partial charge in [-0.2, -0.15) is 0 Å². The summed E-state index contributed by atoms with van der Waals surface area (Å²) in [6.07, 6.45) is 6.07. The van der Waals surface area contributed by atoms with E-state index >= 15 is 0 Å². The van der Waals surface area contributed by atoms with E-state index in [0.717, 1.165) is 11.8 Å². The van der Waals surface area contributed by atoms with E-state index in [1.807, 2.05) is 0 Å². The van der Waals surface area contributed by atoms with Gasteiger partial charge in [-0.3, -0.25) is 4.79 Å². The summed E-state index contributed by atoms with van der Waals surface area (Å²) in [5.74, 6) is 1.16. The van der Waals surface area contributed by atoms with Gasteiger partial charge < -0.3 is 5.11 Å². The Kier molecular flexibility index (Phi) is 2.92. The van der Waals surface area contributed by atoms with E-state index in [-0.39, 0.29) is 11.7 Å². The van der Waals surface area contributed by atoms with Crippen LogP contribution < -0.4 is 0 Å². The van der Waals surface area contributed by atoms with Crippen molar-refractivity contribution in [1.82, 2.24) is 0 Å². The molecule has 4 saturated carbocycles. The molecule has 0 heterocycles. The molecular weight excluding hydrogens is 252 g/mol. The van der Waals surface area contributed by atoms with Crippen molar-refractivity contribution in [3.63, 3.8) is 0 Å². The molecule has 0 atom stereocenters. The SMILES string of the molecule is O=C(O)CS(=O)(=O)CC1C2CC3CC(C2)CC1C3. The maximum absolute atomic E-state index is 11.9. The van der Waals surface area contributed by atoms with Crippen molar-refractivity contribution < 1.29 is 18.3 Å². The second kappa shape index (κ2) is 4.22. The van der Waals surface area contributed by atoms with Gasteiger partial charge in [-0.15, -0.1) is 0 Å². The average molecular weight is 272 g/mol. The number of carboxylic acids is 1. The lowest BCUT2D eigenvalue weighted by molar-refractivity contribution is -0.134. The molecule has 4 nitrogen and oxygen atoms in total. The minimum atomic E-state index is -3.42.